The van der Waals surface area contributed by atoms with Crippen LogP contribution in [0.2, 0.25) is 0 Å². The largest absolute Gasteiger partial charge is 0.550 e. The number of benzene rings is 1. The number of carbonyl (C=O) groups is 2. The van der Waals surface area contributed by atoms with Crippen LogP contribution in [0.1, 0.15) is 30.5 Å². The molecule has 0 saturated carbocycles. The van der Waals surface area contributed by atoms with Gasteiger partial charge in [-0.25, -0.2) is 0 Å². The summed E-state index contributed by atoms with van der Waals surface area (Å²) in [6.07, 6.45) is 0.436. The molecule has 0 aliphatic heterocycles. The molecule has 0 aliphatic carbocycles. The van der Waals surface area contributed by atoms with Crippen LogP contribution in [-0.4, -0.2) is 16.9 Å². The van der Waals surface area contributed by atoms with Crippen molar-refractivity contribution in [2.24, 2.45) is 0 Å². The maximum absolute atomic E-state index is 11.5. The van der Waals surface area contributed by atoms with Crippen LogP contribution in [-0.2, 0) is 16.1 Å². The van der Waals surface area contributed by atoms with Gasteiger partial charge in [0.05, 0.1) is 0 Å². The van der Waals surface area contributed by atoms with Gasteiger partial charge in [-0.05, 0) is 48.9 Å². The zero-order chi connectivity index (χ0) is 14.5. The number of aryl methyl sites for hydroxylation is 1. The number of carbonyl (C=O) groups excluding carboxylic acids is 2. The summed E-state index contributed by atoms with van der Waals surface area (Å²) in [7, 11) is 0. The van der Waals surface area contributed by atoms with Crippen molar-refractivity contribution in [1.29, 1.82) is 0 Å². The summed E-state index contributed by atoms with van der Waals surface area (Å²) < 4.78 is 0. The predicted molar refractivity (Wildman–Crippen MR) is 73.7 cm³/mol. The zero-order valence-corrected chi connectivity index (χ0v) is 11.4. The van der Waals surface area contributed by atoms with E-state index in [4.69, 9.17) is 0 Å². The topological polar surface area (TPSA) is 85.0 Å². The highest BCUT2D eigenvalue weighted by Crippen LogP contribution is 2.16. The molecule has 0 aliphatic rings. The molecule has 2 N–H and O–H groups in total. The lowest BCUT2D eigenvalue weighted by molar-refractivity contribution is -0.305. The maximum atomic E-state index is 11.5. The number of aromatic nitrogens is 1. The maximum Gasteiger partial charge on any atom is 0.220 e. The molecule has 106 valence electrons. The molecule has 0 radical (unpaired) electrons. The summed E-state index contributed by atoms with van der Waals surface area (Å²) in [6, 6.07) is 8.03. The van der Waals surface area contributed by atoms with Crippen LogP contribution in [0.15, 0.2) is 24.3 Å². The molecule has 5 heteroatoms. The highest BCUT2D eigenvalue weighted by atomic mass is 16.4. The third kappa shape index (κ3) is 3.85. The highest BCUT2D eigenvalue weighted by molar-refractivity contribution is 5.81. The van der Waals surface area contributed by atoms with Crippen LogP contribution in [0.5, 0.6) is 0 Å². The normalized spacial score (nSPS) is 10.7. The van der Waals surface area contributed by atoms with Crippen LogP contribution in [0.4, 0.5) is 0 Å². The van der Waals surface area contributed by atoms with Gasteiger partial charge in [0.2, 0.25) is 5.91 Å². The first kappa shape index (κ1) is 14.1. The summed E-state index contributed by atoms with van der Waals surface area (Å²) in [4.78, 5) is 25.0. The number of hydrogen-bond donors (Lipinski definition) is 2. The molecule has 1 amide bonds. The molecular formula is C15H17N2O3-. The van der Waals surface area contributed by atoms with E-state index in [-0.39, 0.29) is 18.7 Å². The molecule has 0 saturated heterocycles. The van der Waals surface area contributed by atoms with E-state index in [1.54, 1.807) is 0 Å². The number of H-pyrrole nitrogens is 1. The van der Waals surface area contributed by atoms with Crippen molar-refractivity contribution in [3.63, 3.8) is 0 Å². The minimum absolute atomic E-state index is 0.0813. The van der Waals surface area contributed by atoms with Crippen LogP contribution in [0, 0.1) is 6.92 Å². The summed E-state index contributed by atoms with van der Waals surface area (Å²) in [5, 5.41) is 14.1. The van der Waals surface area contributed by atoms with Crippen molar-refractivity contribution >= 4 is 22.8 Å². The van der Waals surface area contributed by atoms with Gasteiger partial charge in [-0.2, -0.15) is 0 Å². The van der Waals surface area contributed by atoms with Gasteiger partial charge >= 0.3 is 0 Å². The van der Waals surface area contributed by atoms with Gasteiger partial charge in [0.1, 0.15) is 0 Å². The Morgan fingerprint density at radius 1 is 1.25 bits per heavy atom. The lowest BCUT2D eigenvalue weighted by Crippen LogP contribution is -2.25. The van der Waals surface area contributed by atoms with Crippen LogP contribution >= 0.6 is 0 Å². The molecule has 0 fully saturated rings. The molecule has 20 heavy (non-hydrogen) atoms. The Balaban J connectivity index is 1.85. The first-order chi connectivity index (χ1) is 9.54. The Labute approximate surface area is 117 Å². The van der Waals surface area contributed by atoms with Crippen molar-refractivity contribution in [2.45, 2.75) is 32.7 Å². The Morgan fingerprint density at radius 2 is 2.05 bits per heavy atom. The monoisotopic (exact) mass is 273 g/mol. The standard InChI is InChI=1S/C15H18N2O3/c1-10-7-12-8-11(5-6-13(12)17-10)9-16-14(18)3-2-4-15(19)20/h5-8,17H,2-4,9H2,1H3,(H,16,18)(H,19,20)/p-1. The fourth-order valence-corrected chi connectivity index (χ4v) is 2.12. The average molecular weight is 273 g/mol. The van der Waals surface area contributed by atoms with E-state index in [9.17, 15) is 14.7 Å². The first-order valence-corrected chi connectivity index (χ1v) is 6.59. The molecule has 1 aromatic heterocycles. The Hall–Kier alpha value is -2.30. The molecule has 0 spiro atoms. The second kappa shape index (κ2) is 6.23. The first-order valence-electron chi connectivity index (χ1n) is 6.59. The van der Waals surface area contributed by atoms with E-state index in [0.29, 0.717) is 13.0 Å². The summed E-state index contributed by atoms with van der Waals surface area (Å²) >= 11 is 0. The number of aliphatic carboxylic acids is 1. The second-order valence-corrected chi connectivity index (χ2v) is 4.88. The van der Waals surface area contributed by atoms with Gasteiger partial charge in [0.15, 0.2) is 0 Å². The van der Waals surface area contributed by atoms with Gasteiger partial charge in [-0.15, -0.1) is 0 Å². The van der Waals surface area contributed by atoms with Crippen LogP contribution in [0.25, 0.3) is 10.9 Å². The number of nitrogens with one attached hydrogen (secondary N) is 2. The molecule has 0 unspecified atom stereocenters. The molecule has 1 heterocycles. The van der Waals surface area contributed by atoms with E-state index >= 15 is 0 Å². The summed E-state index contributed by atoms with van der Waals surface area (Å²) in [5.41, 5.74) is 3.19. The summed E-state index contributed by atoms with van der Waals surface area (Å²) in [6.45, 7) is 2.45. The average Bonchev–Trinajstić information content (AvgIpc) is 2.75. The quantitative estimate of drug-likeness (QED) is 0.823. The fourth-order valence-electron chi connectivity index (χ4n) is 2.12. The lowest BCUT2D eigenvalue weighted by atomic mass is 10.1. The third-order valence-corrected chi connectivity index (χ3v) is 3.09. The van der Waals surface area contributed by atoms with Crippen molar-refractivity contribution in [3.05, 3.63) is 35.5 Å². The third-order valence-electron chi connectivity index (χ3n) is 3.09. The second-order valence-electron chi connectivity index (χ2n) is 4.88. The van der Waals surface area contributed by atoms with Gasteiger partial charge in [0.25, 0.3) is 0 Å². The molecule has 2 aromatic rings. The number of fused-ring (bicyclic) bond motifs is 1. The number of aromatic amines is 1. The van der Waals surface area contributed by atoms with E-state index in [2.05, 4.69) is 16.4 Å². The molecule has 0 bridgehead atoms. The SMILES string of the molecule is Cc1cc2cc(CNC(=O)CCCC(=O)[O-])ccc2[nH]1. The van der Waals surface area contributed by atoms with Crippen molar-refractivity contribution in [3.8, 4) is 0 Å². The van der Waals surface area contributed by atoms with E-state index < -0.39 is 5.97 Å². The number of carboxylic acids is 1. The minimum Gasteiger partial charge on any atom is -0.550 e. The van der Waals surface area contributed by atoms with Crippen molar-refractivity contribution < 1.29 is 14.7 Å². The molecule has 1 aromatic carbocycles. The fraction of sp³-hybridized carbons (Fsp3) is 0.333. The zero-order valence-electron chi connectivity index (χ0n) is 11.4. The van der Waals surface area contributed by atoms with Gasteiger partial charge in [-0.3, -0.25) is 4.79 Å². The molecule has 5 nitrogen and oxygen atoms in total. The molecule has 0 atom stereocenters. The highest BCUT2D eigenvalue weighted by Gasteiger charge is 2.03. The van der Waals surface area contributed by atoms with E-state index in [0.717, 1.165) is 22.2 Å². The molecule has 2 rings (SSSR count). The Morgan fingerprint density at radius 3 is 2.80 bits per heavy atom. The number of rotatable bonds is 6. The lowest BCUT2D eigenvalue weighted by Gasteiger charge is -2.06. The van der Waals surface area contributed by atoms with E-state index in [1.165, 1.54) is 0 Å². The number of carboxylic acid groups (broad SMARTS) is 1. The van der Waals surface area contributed by atoms with Crippen molar-refractivity contribution in [1.82, 2.24) is 10.3 Å². The van der Waals surface area contributed by atoms with Gasteiger partial charge < -0.3 is 20.2 Å². The summed E-state index contributed by atoms with van der Waals surface area (Å²) in [5.74, 6) is -1.26. The minimum atomic E-state index is -1.12. The Kier molecular flexibility index (Phi) is 4.40. The van der Waals surface area contributed by atoms with Crippen LogP contribution in [0.3, 0.4) is 0 Å². The van der Waals surface area contributed by atoms with Gasteiger partial charge in [-0.1, -0.05) is 6.07 Å². The number of amides is 1. The van der Waals surface area contributed by atoms with Crippen LogP contribution < -0.4 is 10.4 Å². The number of hydrogen-bond acceptors (Lipinski definition) is 3. The van der Waals surface area contributed by atoms with E-state index in [1.807, 2.05) is 25.1 Å². The molecular weight excluding hydrogens is 256 g/mol. The predicted octanol–water partition coefficient (Wildman–Crippen LogP) is 1.01. The van der Waals surface area contributed by atoms with Crippen molar-refractivity contribution in [2.75, 3.05) is 0 Å². The van der Waals surface area contributed by atoms with Gasteiger partial charge in [0, 0.05) is 30.1 Å². The smallest absolute Gasteiger partial charge is 0.220 e. The Bertz CT molecular complexity index is 631.